The molecule has 2 rings (SSSR count). The van der Waals surface area contributed by atoms with Crippen LogP contribution in [0, 0.1) is 11.6 Å². The SMILES string of the molecule is CCCc1ccc(NCC(O)c2ccc(F)c(F)c2)cc1. The van der Waals surface area contributed by atoms with Crippen molar-refractivity contribution in [3.8, 4) is 0 Å². The second-order valence-electron chi connectivity index (χ2n) is 5.02. The molecule has 21 heavy (non-hydrogen) atoms. The second kappa shape index (κ2) is 7.18. The van der Waals surface area contributed by atoms with Crippen LogP contribution in [0.1, 0.15) is 30.6 Å². The average molecular weight is 291 g/mol. The zero-order valence-electron chi connectivity index (χ0n) is 11.9. The molecule has 0 bridgehead atoms. The Balaban J connectivity index is 1.93. The number of aryl methyl sites for hydroxylation is 1. The maximum atomic E-state index is 13.1. The van der Waals surface area contributed by atoms with Crippen LogP contribution in [0.3, 0.4) is 0 Å². The topological polar surface area (TPSA) is 32.3 Å². The zero-order chi connectivity index (χ0) is 15.2. The number of anilines is 1. The maximum absolute atomic E-state index is 13.1. The molecule has 0 aliphatic heterocycles. The van der Waals surface area contributed by atoms with Crippen LogP contribution in [0.25, 0.3) is 0 Å². The summed E-state index contributed by atoms with van der Waals surface area (Å²) < 4.78 is 26.0. The van der Waals surface area contributed by atoms with E-state index in [0.717, 1.165) is 30.7 Å². The van der Waals surface area contributed by atoms with Crippen molar-refractivity contribution in [1.29, 1.82) is 0 Å². The van der Waals surface area contributed by atoms with Gasteiger partial charge < -0.3 is 10.4 Å². The third-order valence-electron chi connectivity index (χ3n) is 3.32. The molecule has 0 saturated carbocycles. The minimum Gasteiger partial charge on any atom is -0.387 e. The highest BCUT2D eigenvalue weighted by atomic mass is 19.2. The number of aliphatic hydroxyl groups is 1. The molecule has 2 N–H and O–H groups in total. The molecule has 2 aromatic carbocycles. The van der Waals surface area contributed by atoms with Crippen LogP contribution in [0.2, 0.25) is 0 Å². The average Bonchev–Trinajstić information content (AvgIpc) is 2.49. The highest BCUT2D eigenvalue weighted by Gasteiger charge is 2.10. The van der Waals surface area contributed by atoms with Gasteiger partial charge in [-0.25, -0.2) is 8.78 Å². The lowest BCUT2D eigenvalue weighted by Crippen LogP contribution is -2.12. The lowest BCUT2D eigenvalue weighted by Gasteiger charge is -2.14. The Morgan fingerprint density at radius 1 is 1.05 bits per heavy atom. The molecule has 0 heterocycles. The van der Waals surface area contributed by atoms with Crippen molar-refractivity contribution in [2.45, 2.75) is 25.9 Å². The Bertz CT molecular complexity index is 584. The van der Waals surface area contributed by atoms with Gasteiger partial charge >= 0.3 is 0 Å². The molecule has 0 aliphatic carbocycles. The quantitative estimate of drug-likeness (QED) is 0.841. The number of halogens is 2. The zero-order valence-corrected chi connectivity index (χ0v) is 11.9. The maximum Gasteiger partial charge on any atom is 0.159 e. The molecule has 4 heteroatoms. The summed E-state index contributed by atoms with van der Waals surface area (Å²) in [4.78, 5) is 0. The summed E-state index contributed by atoms with van der Waals surface area (Å²) in [5.41, 5.74) is 2.50. The van der Waals surface area contributed by atoms with Gasteiger partial charge in [-0.05, 0) is 41.8 Å². The second-order valence-corrected chi connectivity index (χ2v) is 5.02. The Morgan fingerprint density at radius 2 is 1.76 bits per heavy atom. The molecule has 0 aliphatic rings. The van der Waals surface area contributed by atoms with E-state index in [0.29, 0.717) is 5.56 Å². The minimum atomic E-state index is -0.949. The number of hydrogen-bond acceptors (Lipinski definition) is 2. The fourth-order valence-corrected chi connectivity index (χ4v) is 2.13. The van der Waals surface area contributed by atoms with Gasteiger partial charge in [0.05, 0.1) is 6.10 Å². The van der Waals surface area contributed by atoms with E-state index < -0.39 is 17.7 Å². The van der Waals surface area contributed by atoms with Gasteiger partial charge in [0.2, 0.25) is 0 Å². The lowest BCUT2D eigenvalue weighted by molar-refractivity contribution is 0.191. The van der Waals surface area contributed by atoms with E-state index in [1.165, 1.54) is 11.6 Å². The normalized spacial score (nSPS) is 12.2. The van der Waals surface area contributed by atoms with E-state index in [-0.39, 0.29) is 6.54 Å². The van der Waals surface area contributed by atoms with Gasteiger partial charge in [0.15, 0.2) is 11.6 Å². The van der Waals surface area contributed by atoms with Crippen molar-refractivity contribution < 1.29 is 13.9 Å². The molecule has 112 valence electrons. The Hall–Kier alpha value is -1.94. The van der Waals surface area contributed by atoms with Crippen molar-refractivity contribution in [2.75, 3.05) is 11.9 Å². The summed E-state index contributed by atoms with van der Waals surface area (Å²) in [6, 6.07) is 11.4. The van der Waals surface area contributed by atoms with E-state index in [1.807, 2.05) is 24.3 Å². The van der Waals surface area contributed by atoms with Crippen molar-refractivity contribution in [3.63, 3.8) is 0 Å². The summed E-state index contributed by atoms with van der Waals surface area (Å²) in [5, 5.41) is 13.1. The monoisotopic (exact) mass is 291 g/mol. The number of hydrogen-bond donors (Lipinski definition) is 2. The van der Waals surface area contributed by atoms with Crippen molar-refractivity contribution in [3.05, 3.63) is 65.2 Å². The minimum absolute atomic E-state index is 0.234. The van der Waals surface area contributed by atoms with Crippen LogP contribution >= 0.6 is 0 Å². The smallest absolute Gasteiger partial charge is 0.159 e. The summed E-state index contributed by atoms with van der Waals surface area (Å²) in [6.07, 6.45) is 1.25. The predicted molar refractivity (Wildman–Crippen MR) is 80.2 cm³/mol. The van der Waals surface area contributed by atoms with Gasteiger partial charge in [-0.1, -0.05) is 31.5 Å². The van der Waals surface area contributed by atoms with Crippen molar-refractivity contribution >= 4 is 5.69 Å². The van der Waals surface area contributed by atoms with Gasteiger partial charge in [-0.15, -0.1) is 0 Å². The van der Waals surface area contributed by atoms with E-state index in [1.54, 1.807) is 0 Å². The number of aliphatic hydroxyl groups excluding tert-OH is 1. The molecule has 1 atom stereocenters. The van der Waals surface area contributed by atoms with Crippen molar-refractivity contribution in [1.82, 2.24) is 0 Å². The summed E-state index contributed by atoms with van der Waals surface area (Å²) >= 11 is 0. The van der Waals surface area contributed by atoms with Gasteiger partial charge in [0.25, 0.3) is 0 Å². The summed E-state index contributed by atoms with van der Waals surface area (Å²) in [7, 11) is 0. The molecular formula is C17H19F2NO. The van der Waals surface area contributed by atoms with Crippen LogP contribution in [0.4, 0.5) is 14.5 Å². The van der Waals surface area contributed by atoms with Crippen LogP contribution in [-0.4, -0.2) is 11.7 Å². The van der Waals surface area contributed by atoms with Crippen LogP contribution in [-0.2, 0) is 6.42 Å². The summed E-state index contributed by atoms with van der Waals surface area (Å²) in [6.45, 7) is 2.36. The fourth-order valence-electron chi connectivity index (χ4n) is 2.13. The standard InChI is InChI=1S/C17H19F2NO/c1-2-3-12-4-7-14(8-5-12)20-11-17(21)13-6-9-15(18)16(19)10-13/h4-10,17,20-21H,2-3,11H2,1H3. The van der Waals surface area contributed by atoms with Crippen LogP contribution in [0.5, 0.6) is 0 Å². The third kappa shape index (κ3) is 4.26. The molecule has 2 nitrogen and oxygen atoms in total. The van der Waals surface area contributed by atoms with Crippen LogP contribution in [0.15, 0.2) is 42.5 Å². The molecule has 0 amide bonds. The fraction of sp³-hybridized carbons (Fsp3) is 0.294. The first-order chi connectivity index (χ1) is 10.1. The van der Waals surface area contributed by atoms with Gasteiger partial charge in [0, 0.05) is 12.2 Å². The van der Waals surface area contributed by atoms with Gasteiger partial charge in [-0.2, -0.15) is 0 Å². The number of rotatable bonds is 6. The largest absolute Gasteiger partial charge is 0.387 e. The first-order valence-corrected chi connectivity index (χ1v) is 7.06. The first kappa shape index (κ1) is 15.4. The van der Waals surface area contributed by atoms with E-state index in [4.69, 9.17) is 0 Å². The van der Waals surface area contributed by atoms with E-state index in [9.17, 15) is 13.9 Å². The molecule has 2 aromatic rings. The Labute approximate surface area is 123 Å². The Morgan fingerprint density at radius 3 is 2.38 bits per heavy atom. The molecule has 0 saturated heterocycles. The predicted octanol–water partition coefficient (Wildman–Crippen LogP) is 4.06. The molecule has 0 spiro atoms. The van der Waals surface area contributed by atoms with Crippen LogP contribution < -0.4 is 5.32 Å². The van der Waals surface area contributed by atoms with Gasteiger partial charge in [-0.3, -0.25) is 0 Å². The molecule has 0 aromatic heterocycles. The first-order valence-electron chi connectivity index (χ1n) is 7.06. The highest BCUT2D eigenvalue weighted by molar-refractivity contribution is 5.45. The molecular weight excluding hydrogens is 272 g/mol. The van der Waals surface area contributed by atoms with E-state index in [2.05, 4.69) is 12.2 Å². The number of nitrogens with one attached hydrogen (secondary N) is 1. The third-order valence-corrected chi connectivity index (χ3v) is 3.32. The van der Waals surface area contributed by atoms with Crippen molar-refractivity contribution in [2.24, 2.45) is 0 Å². The molecule has 0 fully saturated rings. The van der Waals surface area contributed by atoms with Gasteiger partial charge in [0.1, 0.15) is 0 Å². The van der Waals surface area contributed by atoms with E-state index >= 15 is 0 Å². The Kier molecular flexibility index (Phi) is 5.28. The highest BCUT2D eigenvalue weighted by Crippen LogP contribution is 2.18. The molecule has 0 radical (unpaired) electrons. The summed E-state index contributed by atoms with van der Waals surface area (Å²) in [5.74, 6) is -1.86. The lowest BCUT2D eigenvalue weighted by atomic mass is 10.1. The molecule has 1 unspecified atom stereocenters. The number of benzene rings is 2.